The molecule has 2 heterocycles. The fourth-order valence-electron chi connectivity index (χ4n) is 5.77. The summed E-state index contributed by atoms with van der Waals surface area (Å²) in [4.78, 5) is 31.7. The minimum absolute atomic E-state index is 0.0146. The van der Waals surface area contributed by atoms with Crippen molar-refractivity contribution >= 4 is 11.8 Å². The quantitative estimate of drug-likeness (QED) is 0.456. The summed E-state index contributed by atoms with van der Waals surface area (Å²) in [5, 5.41) is 3.22. The van der Waals surface area contributed by atoms with Crippen LogP contribution in [0, 0.1) is 0 Å². The summed E-state index contributed by atoms with van der Waals surface area (Å²) in [6.07, 6.45) is 2.89. The molecule has 2 aromatic rings. The average Bonchev–Trinajstić information content (AvgIpc) is 2.90. The molecular formula is C30H41N3O4. The van der Waals surface area contributed by atoms with Gasteiger partial charge in [-0.3, -0.25) is 9.59 Å². The summed E-state index contributed by atoms with van der Waals surface area (Å²) in [6, 6.07) is 11.2. The van der Waals surface area contributed by atoms with Crippen LogP contribution in [0.15, 0.2) is 36.4 Å². The van der Waals surface area contributed by atoms with Crippen LogP contribution in [0.2, 0.25) is 0 Å². The van der Waals surface area contributed by atoms with Gasteiger partial charge in [0.25, 0.3) is 5.91 Å². The number of benzene rings is 2. The zero-order valence-corrected chi connectivity index (χ0v) is 22.7. The molecule has 200 valence electrons. The van der Waals surface area contributed by atoms with Crippen LogP contribution in [-0.4, -0.2) is 67.6 Å². The van der Waals surface area contributed by atoms with E-state index in [1.165, 1.54) is 0 Å². The van der Waals surface area contributed by atoms with E-state index in [0.717, 1.165) is 49.2 Å². The zero-order valence-electron chi connectivity index (χ0n) is 22.7. The number of fused-ring (bicyclic) bond motifs is 4. The Labute approximate surface area is 221 Å². The zero-order chi connectivity index (χ0) is 26.4. The molecule has 0 saturated heterocycles. The Balaban J connectivity index is 1.70. The van der Waals surface area contributed by atoms with E-state index in [4.69, 9.17) is 9.47 Å². The molecule has 2 aliphatic heterocycles. The molecule has 2 atom stereocenters. The predicted molar refractivity (Wildman–Crippen MR) is 145 cm³/mol. The molecular weight excluding hydrogens is 466 g/mol. The molecule has 0 radical (unpaired) electrons. The number of hydrogen-bond donors (Lipinski definition) is 1. The highest BCUT2D eigenvalue weighted by Gasteiger charge is 2.46. The lowest BCUT2D eigenvalue weighted by Crippen LogP contribution is -2.50. The van der Waals surface area contributed by atoms with E-state index in [-0.39, 0.29) is 17.9 Å². The van der Waals surface area contributed by atoms with Crippen molar-refractivity contribution in [3.8, 4) is 11.5 Å². The molecule has 0 saturated carbocycles. The van der Waals surface area contributed by atoms with Gasteiger partial charge in [0.05, 0.1) is 25.2 Å². The minimum Gasteiger partial charge on any atom is -0.490 e. The monoisotopic (exact) mass is 507 g/mol. The van der Waals surface area contributed by atoms with E-state index in [2.05, 4.69) is 24.1 Å². The Morgan fingerprint density at radius 2 is 1.65 bits per heavy atom. The fourth-order valence-corrected chi connectivity index (χ4v) is 5.77. The molecule has 2 aliphatic rings. The van der Waals surface area contributed by atoms with Gasteiger partial charge < -0.3 is 24.6 Å². The molecule has 37 heavy (non-hydrogen) atoms. The van der Waals surface area contributed by atoms with Gasteiger partial charge in [0.1, 0.15) is 0 Å². The Morgan fingerprint density at radius 1 is 0.973 bits per heavy atom. The van der Waals surface area contributed by atoms with Crippen LogP contribution in [-0.2, 0) is 11.2 Å². The largest absolute Gasteiger partial charge is 0.490 e. The first-order valence-corrected chi connectivity index (χ1v) is 13.9. The lowest BCUT2D eigenvalue weighted by Gasteiger charge is -2.45. The Morgan fingerprint density at radius 3 is 2.32 bits per heavy atom. The van der Waals surface area contributed by atoms with Gasteiger partial charge in [-0.1, -0.05) is 32.0 Å². The Hall–Kier alpha value is -3.06. The highest BCUT2D eigenvalue weighted by atomic mass is 16.5. The van der Waals surface area contributed by atoms with Crippen LogP contribution in [0.4, 0.5) is 0 Å². The van der Waals surface area contributed by atoms with Crippen molar-refractivity contribution < 1.29 is 19.1 Å². The maximum absolute atomic E-state index is 13.9. The highest BCUT2D eigenvalue weighted by molar-refractivity contribution is 6.01. The topological polar surface area (TPSA) is 71.1 Å². The van der Waals surface area contributed by atoms with Gasteiger partial charge in [0, 0.05) is 25.2 Å². The molecule has 0 bridgehead atoms. The number of nitrogens with zero attached hydrogens (tertiary/aromatic N) is 2. The fraction of sp³-hybridized carbons (Fsp3) is 0.533. The summed E-state index contributed by atoms with van der Waals surface area (Å²) in [6.45, 7) is 13.3. The summed E-state index contributed by atoms with van der Waals surface area (Å²) in [7, 11) is 0. The molecule has 0 fully saturated rings. The molecule has 1 N–H and O–H groups in total. The van der Waals surface area contributed by atoms with Crippen LogP contribution < -0.4 is 14.8 Å². The molecule has 7 heteroatoms. The van der Waals surface area contributed by atoms with Crippen LogP contribution >= 0.6 is 0 Å². The molecule has 0 aromatic heterocycles. The van der Waals surface area contributed by atoms with Gasteiger partial charge in [0.2, 0.25) is 5.91 Å². The maximum atomic E-state index is 13.9. The normalized spacial score (nSPS) is 18.2. The van der Waals surface area contributed by atoms with Crippen molar-refractivity contribution in [3.63, 3.8) is 0 Å². The van der Waals surface area contributed by atoms with Crippen molar-refractivity contribution in [3.05, 3.63) is 58.7 Å². The number of nitrogens with one attached hydrogen (secondary N) is 1. The maximum Gasteiger partial charge on any atom is 0.254 e. The summed E-state index contributed by atoms with van der Waals surface area (Å²) in [5.74, 6) is 0.824. The summed E-state index contributed by atoms with van der Waals surface area (Å²) >= 11 is 0. The van der Waals surface area contributed by atoms with Crippen molar-refractivity contribution in [1.82, 2.24) is 15.1 Å². The second kappa shape index (κ2) is 12.5. The molecule has 0 aliphatic carbocycles. The SMILES string of the molecule is CCCN(CCC)CCNC(=O)[C@H]1c2ccccc2C(=O)N2CCc3cc(OCC)c(OCC)cc3[C@@H]12. The van der Waals surface area contributed by atoms with Crippen LogP contribution in [0.5, 0.6) is 11.5 Å². The van der Waals surface area contributed by atoms with Gasteiger partial charge in [-0.15, -0.1) is 0 Å². The van der Waals surface area contributed by atoms with Gasteiger partial charge in [-0.2, -0.15) is 0 Å². The number of ether oxygens (including phenoxy) is 2. The van der Waals surface area contributed by atoms with Gasteiger partial charge in [-0.05, 0) is 81.1 Å². The van der Waals surface area contributed by atoms with Crippen LogP contribution in [0.3, 0.4) is 0 Å². The highest BCUT2D eigenvalue weighted by Crippen LogP contribution is 2.48. The van der Waals surface area contributed by atoms with Gasteiger partial charge in [0.15, 0.2) is 11.5 Å². The number of rotatable bonds is 12. The number of hydrogen-bond acceptors (Lipinski definition) is 5. The van der Waals surface area contributed by atoms with E-state index >= 15 is 0 Å². The lowest BCUT2D eigenvalue weighted by molar-refractivity contribution is -0.124. The summed E-state index contributed by atoms with van der Waals surface area (Å²) in [5.41, 5.74) is 3.50. The molecule has 0 unspecified atom stereocenters. The molecule has 0 spiro atoms. The second-order valence-corrected chi connectivity index (χ2v) is 9.75. The van der Waals surface area contributed by atoms with Crippen molar-refractivity contribution in [1.29, 1.82) is 0 Å². The number of carbonyl (C=O) groups excluding carboxylic acids is 2. The van der Waals surface area contributed by atoms with E-state index in [1.54, 1.807) is 0 Å². The van der Waals surface area contributed by atoms with Gasteiger partial charge >= 0.3 is 0 Å². The average molecular weight is 508 g/mol. The van der Waals surface area contributed by atoms with Crippen molar-refractivity contribution in [2.45, 2.75) is 58.9 Å². The van der Waals surface area contributed by atoms with Crippen molar-refractivity contribution in [2.75, 3.05) is 45.9 Å². The molecule has 7 nitrogen and oxygen atoms in total. The minimum atomic E-state index is -0.494. The van der Waals surface area contributed by atoms with E-state index < -0.39 is 5.92 Å². The van der Waals surface area contributed by atoms with Gasteiger partial charge in [-0.25, -0.2) is 0 Å². The standard InChI is InChI=1S/C30H41N3O4/c1-5-15-32(16-6-2)18-14-31-29(34)27-22-11-9-10-12-23(22)30(35)33-17-13-21-19-25(36-7-3)26(37-8-4)20-24(21)28(27)33/h9-12,19-20,27-28H,5-8,13-18H2,1-4H3,(H,31,34)/t27-,28-/m0/s1. The first-order valence-electron chi connectivity index (χ1n) is 13.9. The first-order chi connectivity index (χ1) is 18.0. The predicted octanol–water partition coefficient (Wildman–Crippen LogP) is 4.56. The third-order valence-corrected chi connectivity index (χ3v) is 7.27. The third kappa shape index (κ3) is 5.61. The van der Waals surface area contributed by atoms with E-state index in [1.807, 2.05) is 55.1 Å². The number of carbonyl (C=O) groups is 2. The lowest BCUT2D eigenvalue weighted by atomic mass is 9.75. The summed E-state index contributed by atoms with van der Waals surface area (Å²) < 4.78 is 11.8. The molecule has 4 rings (SSSR count). The number of amides is 2. The molecule has 2 aromatic carbocycles. The third-order valence-electron chi connectivity index (χ3n) is 7.27. The Kier molecular flexibility index (Phi) is 9.09. The van der Waals surface area contributed by atoms with Crippen molar-refractivity contribution in [2.24, 2.45) is 0 Å². The Bertz CT molecular complexity index is 1100. The van der Waals surface area contributed by atoms with E-state index in [0.29, 0.717) is 49.8 Å². The molecule has 2 amide bonds. The van der Waals surface area contributed by atoms with Crippen LogP contribution in [0.1, 0.15) is 79.5 Å². The van der Waals surface area contributed by atoms with Crippen LogP contribution in [0.25, 0.3) is 0 Å². The first kappa shape index (κ1) is 27.0. The second-order valence-electron chi connectivity index (χ2n) is 9.75. The van der Waals surface area contributed by atoms with E-state index in [9.17, 15) is 9.59 Å². The smallest absolute Gasteiger partial charge is 0.254 e.